The summed E-state index contributed by atoms with van der Waals surface area (Å²) in [5.41, 5.74) is 0. The number of carbonyl (C=O) groups is 1. The summed E-state index contributed by atoms with van der Waals surface area (Å²) in [4.78, 5) is 11.1. The van der Waals surface area contributed by atoms with E-state index in [9.17, 15) is 4.79 Å². The highest BCUT2D eigenvalue weighted by atomic mass is 79.9. The van der Waals surface area contributed by atoms with E-state index in [1.54, 1.807) is 0 Å². The molecule has 0 saturated carbocycles. The van der Waals surface area contributed by atoms with Gasteiger partial charge in [-0.2, -0.15) is 0 Å². The molecule has 0 saturated heterocycles. The van der Waals surface area contributed by atoms with Gasteiger partial charge in [-0.25, -0.2) is 0 Å². The van der Waals surface area contributed by atoms with E-state index >= 15 is 0 Å². The summed E-state index contributed by atoms with van der Waals surface area (Å²) < 4.78 is 10.3. The first-order valence-corrected chi connectivity index (χ1v) is 6.41. The molecule has 90 valence electrons. The van der Waals surface area contributed by atoms with Crippen LogP contribution in [0, 0.1) is 0 Å². The fraction of sp³-hybridized carbons (Fsp3) is 0.900. The number of halogens is 1. The van der Waals surface area contributed by atoms with Crippen LogP contribution in [-0.2, 0) is 14.3 Å². The van der Waals surface area contributed by atoms with Gasteiger partial charge >= 0.3 is 0 Å². The zero-order valence-corrected chi connectivity index (χ0v) is 10.8. The summed E-state index contributed by atoms with van der Waals surface area (Å²) in [5.74, 6) is -0.0519. The van der Waals surface area contributed by atoms with Crippen LogP contribution in [0.15, 0.2) is 0 Å². The first-order chi connectivity index (χ1) is 7.31. The van der Waals surface area contributed by atoms with Gasteiger partial charge in [-0.3, -0.25) is 4.79 Å². The normalized spacial score (nSPS) is 10.3. The fourth-order valence-corrected chi connectivity index (χ4v) is 1.15. The Labute approximate surface area is 99.8 Å². The molecule has 1 amide bonds. The molecule has 1 N–H and O–H groups in total. The predicted octanol–water partition coefficient (Wildman–Crippen LogP) is 1.33. The smallest absolute Gasteiger partial charge is 0.245 e. The zero-order valence-electron chi connectivity index (χ0n) is 9.26. The SMILES string of the molecule is CCCOCC(=O)NCCCOCCBr. The van der Waals surface area contributed by atoms with Crippen LogP contribution in [0.3, 0.4) is 0 Å². The van der Waals surface area contributed by atoms with Crippen molar-refractivity contribution < 1.29 is 14.3 Å². The molecule has 0 radical (unpaired) electrons. The molecule has 0 aromatic carbocycles. The number of carbonyl (C=O) groups excluding carboxylic acids is 1. The lowest BCUT2D eigenvalue weighted by atomic mass is 10.4. The monoisotopic (exact) mass is 281 g/mol. The molecule has 4 nitrogen and oxygen atoms in total. The Morgan fingerprint density at radius 1 is 1.27 bits per heavy atom. The minimum atomic E-state index is -0.0519. The third kappa shape index (κ3) is 11.8. The maximum atomic E-state index is 11.1. The van der Waals surface area contributed by atoms with Crippen molar-refractivity contribution in [1.82, 2.24) is 5.32 Å². The van der Waals surface area contributed by atoms with E-state index in [0.29, 0.717) is 26.4 Å². The molecule has 5 heteroatoms. The molecule has 15 heavy (non-hydrogen) atoms. The fourth-order valence-electron chi connectivity index (χ4n) is 0.919. The molecule has 0 aromatic rings. The van der Waals surface area contributed by atoms with Gasteiger partial charge in [0.1, 0.15) is 6.61 Å². The third-order valence-electron chi connectivity index (χ3n) is 1.59. The Hall–Kier alpha value is -0.130. The van der Waals surface area contributed by atoms with Gasteiger partial charge in [0.25, 0.3) is 0 Å². The van der Waals surface area contributed by atoms with Crippen LogP contribution in [0.1, 0.15) is 19.8 Å². The van der Waals surface area contributed by atoms with Crippen LogP contribution in [-0.4, -0.2) is 44.2 Å². The van der Waals surface area contributed by atoms with Crippen molar-refractivity contribution in [2.45, 2.75) is 19.8 Å². The lowest BCUT2D eigenvalue weighted by Crippen LogP contribution is -2.29. The van der Waals surface area contributed by atoms with E-state index in [4.69, 9.17) is 9.47 Å². The van der Waals surface area contributed by atoms with E-state index in [0.717, 1.165) is 18.2 Å². The number of hydrogen-bond donors (Lipinski definition) is 1. The van der Waals surface area contributed by atoms with Gasteiger partial charge in [-0.15, -0.1) is 0 Å². The van der Waals surface area contributed by atoms with Crippen LogP contribution >= 0.6 is 15.9 Å². The molecule has 0 aromatic heterocycles. The number of alkyl halides is 1. The van der Waals surface area contributed by atoms with E-state index in [1.165, 1.54) is 0 Å². The molecule has 0 unspecified atom stereocenters. The second-order valence-corrected chi connectivity index (χ2v) is 3.85. The van der Waals surface area contributed by atoms with Gasteiger partial charge in [0, 0.05) is 25.1 Å². The molecule has 0 spiro atoms. The summed E-state index contributed by atoms with van der Waals surface area (Å²) in [6.07, 6.45) is 1.78. The first kappa shape index (κ1) is 14.9. The summed E-state index contributed by atoms with van der Waals surface area (Å²) >= 11 is 3.27. The number of hydrogen-bond acceptors (Lipinski definition) is 3. The Morgan fingerprint density at radius 3 is 2.73 bits per heavy atom. The van der Waals surface area contributed by atoms with Crippen molar-refractivity contribution in [1.29, 1.82) is 0 Å². The van der Waals surface area contributed by atoms with Crippen molar-refractivity contribution in [2.24, 2.45) is 0 Å². The first-order valence-electron chi connectivity index (χ1n) is 5.29. The second kappa shape index (κ2) is 11.9. The minimum Gasteiger partial charge on any atom is -0.381 e. The van der Waals surface area contributed by atoms with Crippen LogP contribution in [0.4, 0.5) is 0 Å². The molecule has 0 bridgehead atoms. The van der Waals surface area contributed by atoms with E-state index in [2.05, 4.69) is 21.2 Å². The lowest BCUT2D eigenvalue weighted by molar-refractivity contribution is -0.125. The van der Waals surface area contributed by atoms with Gasteiger partial charge in [0.15, 0.2) is 0 Å². The van der Waals surface area contributed by atoms with Gasteiger partial charge in [-0.05, 0) is 12.8 Å². The van der Waals surface area contributed by atoms with E-state index in [-0.39, 0.29) is 12.5 Å². The quantitative estimate of drug-likeness (QED) is 0.486. The highest BCUT2D eigenvalue weighted by molar-refractivity contribution is 9.09. The predicted molar refractivity (Wildman–Crippen MR) is 63.3 cm³/mol. The molecular formula is C10H20BrNO3. The summed E-state index contributed by atoms with van der Waals surface area (Å²) in [7, 11) is 0. The van der Waals surface area contributed by atoms with Crippen molar-refractivity contribution in [3.05, 3.63) is 0 Å². The largest absolute Gasteiger partial charge is 0.381 e. The molecule has 0 fully saturated rings. The number of ether oxygens (including phenoxy) is 2. The Morgan fingerprint density at radius 2 is 2.07 bits per heavy atom. The molecule has 0 aliphatic heterocycles. The summed E-state index contributed by atoms with van der Waals surface area (Å²) in [6.45, 7) is 4.86. The highest BCUT2D eigenvalue weighted by Gasteiger charge is 1.99. The standard InChI is InChI=1S/C10H20BrNO3/c1-2-6-15-9-10(13)12-5-3-7-14-8-4-11/h2-9H2,1H3,(H,12,13). The average Bonchev–Trinajstić information content (AvgIpc) is 2.23. The topological polar surface area (TPSA) is 47.6 Å². The third-order valence-corrected chi connectivity index (χ3v) is 1.91. The molecule has 0 rings (SSSR count). The van der Waals surface area contributed by atoms with Crippen molar-refractivity contribution in [2.75, 3.05) is 38.3 Å². The van der Waals surface area contributed by atoms with Crippen molar-refractivity contribution >= 4 is 21.8 Å². The molecule has 0 aliphatic rings. The lowest BCUT2D eigenvalue weighted by Gasteiger charge is -2.05. The van der Waals surface area contributed by atoms with Crippen LogP contribution in [0.2, 0.25) is 0 Å². The average molecular weight is 282 g/mol. The second-order valence-electron chi connectivity index (χ2n) is 3.06. The van der Waals surface area contributed by atoms with Gasteiger partial charge in [-0.1, -0.05) is 22.9 Å². The molecule has 0 aliphatic carbocycles. The van der Waals surface area contributed by atoms with Gasteiger partial charge < -0.3 is 14.8 Å². The van der Waals surface area contributed by atoms with Crippen LogP contribution in [0.5, 0.6) is 0 Å². The number of amides is 1. The van der Waals surface area contributed by atoms with Crippen molar-refractivity contribution in [3.8, 4) is 0 Å². The van der Waals surface area contributed by atoms with Crippen LogP contribution < -0.4 is 5.32 Å². The Kier molecular flexibility index (Phi) is 11.8. The van der Waals surface area contributed by atoms with Gasteiger partial charge in [0.05, 0.1) is 6.61 Å². The molecular weight excluding hydrogens is 262 g/mol. The molecule has 0 heterocycles. The Bertz CT molecular complexity index is 156. The summed E-state index contributed by atoms with van der Waals surface area (Å²) in [5, 5.41) is 3.61. The minimum absolute atomic E-state index is 0.0519. The Balaban J connectivity index is 3.10. The van der Waals surface area contributed by atoms with E-state index < -0.39 is 0 Å². The molecule has 0 atom stereocenters. The van der Waals surface area contributed by atoms with Crippen molar-refractivity contribution in [3.63, 3.8) is 0 Å². The van der Waals surface area contributed by atoms with Crippen LogP contribution in [0.25, 0.3) is 0 Å². The zero-order chi connectivity index (χ0) is 11.4. The van der Waals surface area contributed by atoms with E-state index in [1.807, 2.05) is 6.92 Å². The maximum absolute atomic E-state index is 11.1. The number of rotatable bonds is 10. The maximum Gasteiger partial charge on any atom is 0.245 e. The number of nitrogens with one attached hydrogen (secondary N) is 1. The summed E-state index contributed by atoms with van der Waals surface area (Å²) in [6, 6.07) is 0. The highest BCUT2D eigenvalue weighted by Crippen LogP contribution is 1.85. The van der Waals surface area contributed by atoms with Gasteiger partial charge in [0.2, 0.25) is 5.91 Å².